The summed E-state index contributed by atoms with van der Waals surface area (Å²) >= 11 is 1.75. The number of aromatic nitrogens is 1. The van der Waals surface area contributed by atoms with E-state index in [1.807, 2.05) is 6.20 Å². The van der Waals surface area contributed by atoms with Crippen LogP contribution >= 0.6 is 11.3 Å². The lowest BCUT2D eigenvalue weighted by Crippen LogP contribution is -2.35. The monoisotopic (exact) mass is 239 g/mol. The molecule has 16 heavy (non-hydrogen) atoms. The Morgan fingerprint density at radius 3 is 3.12 bits per heavy atom. The van der Waals surface area contributed by atoms with E-state index >= 15 is 0 Å². The van der Waals surface area contributed by atoms with Gasteiger partial charge in [-0.3, -0.25) is 0 Å². The second-order valence-corrected chi connectivity index (χ2v) is 5.88. The Kier molecular flexibility index (Phi) is 3.95. The van der Waals surface area contributed by atoms with Crippen molar-refractivity contribution < 1.29 is 0 Å². The van der Waals surface area contributed by atoms with Crippen LogP contribution in [-0.4, -0.2) is 24.6 Å². The number of thiazole rings is 1. The van der Waals surface area contributed by atoms with Gasteiger partial charge in [-0.15, -0.1) is 11.3 Å². The van der Waals surface area contributed by atoms with E-state index in [9.17, 15) is 0 Å². The van der Waals surface area contributed by atoms with Crippen LogP contribution in [0, 0.1) is 5.41 Å². The summed E-state index contributed by atoms with van der Waals surface area (Å²) in [5.41, 5.74) is 0.421. The molecule has 0 aromatic carbocycles. The zero-order chi connectivity index (χ0) is 11.4. The Bertz CT molecular complexity index is 304. The van der Waals surface area contributed by atoms with Gasteiger partial charge in [0.2, 0.25) is 0 Å². The van der Waals surface area contributed by atoms with Gasteiger partial charge >= 0.3 is 0 Å². The van der Waals surface area contributed by atoms with E-state index in [-0.39, 0.29) is 0 Å². The molecule has 1 saturated heterocycles. The van der Waals surface area contributed by atoms with E-state index in [0.717, 1.165) is 26.1 Å². The molecule has 0 radical (unpaired) electrons. The van der Waals surface area contributed by atoms with E-state index in [4.69, 9.17) is 0 Å². The fourth-order valence-corrected chi connectivity index (χ4v) is 3.00. The fraction of sp³-hybridized carbons (Fsp3) is 0.750. The van der Waals surface area contributed by atoms with Crippen molar-refractivity contribution >= 4 is 11.3 Å². The number of nitrogens with one attached hydrogen (secondary N) is 2. The lowest BCUT2D eigenvalue weighted by Gasteiger charge is -2.26. The molecule has 2 unspecified atom stereocenters. The molecule has 2 heterocycles. The molecule has 1 fully saturated rings. The van der Waals surface area contributed by atoms with Gasteiger partial charge < -0.3 is 10.6 Å². The molecule has 1 aliphatic heterocycles. The molecule has 1 aromatic heterocycles. The maximum Gasteiger partial charge on any atom is 0.109 e. The summed E-state index contributed by atoms with van der Waals surface area (Å²) in [6.07, 6.45) is 4.27. The lowest BCUT2D eigenvalue weighted by atomic mass is 9.89. The van der Waals surface area contributed by atoms with E-state index in [2.05, 4.69) is 34.8 Å². The Morgan fingerprint density at radius 1 is 1.69 bits per heavy atom. The summed E-state index contributed by atoms with van der Waals surface area (Å²) in [5, 5.41) is 10.4. The summed E-state index contributed by atoms with van der Waals surface area (Å²) in [6.45, 7) is 7.95. The third kappa shape index (κ3) is 2.81. The molecule has 2 atom stereocenters. The Morgan fingerprint density at radius 2 is 2.56 bits per heavy atom. The number of hydrogen-bond acceptors (Lipinski definition) is 4. The zero-order valence-electron chi connectivity index (χ0n) is 10.1. The van der Waals surface area contributed by atoms with Crippen molar-refractivity contribution in [3.05, 3.63) is 16.6 Å². The van der Waals surface area contributed by atoms with Crippen molar-refractivity contribution in [1.29, 1.82) is 0 Å². The molecule has 3 nitrogen and oxygen atoms in total. The van der Waals surface area contributed by atoms with Gasteiger partial charge in [-0.2, -0.15) is 0 Å². The standard InChI is InChI=1S/C12H21N3S/c1-3-10(11-14-6-7-16-11)15-9-12(2)4-5-13-8-12/h6-7,10,13,15H,3-5,8-9H2,1-2H3. The van der Waals surface area contributed by atoms with Gasteiger partial charge in [0.1, 0.15) is 5.01 Å². The van der Waals surface area contributed by atoms with Crippen LogP contribution in [-0.2, 0) is 0 Å². The van der Waals surface area contributed by atoms with Crippen molar-refractivity contribution in [2.75, 3.05) is 19.6 Å². The molecule has 1 aliphatic rings. The highest BCUT2D eigenvalue weighted by atomic mass is 32.1. The first-order valence-corrected chi connectivity index (χ1v) is 6.95. The van der Waals surface area contributed by atoms with Gasteiger partial charge in [0.15, 0.2) is 0 Å². The highest BCUT2D eigenvalue weighted by Crippen LogP contribution is 2.26. The third-order valence-electron chi connectivity index (χ3n) is 3.39. The van der Waals surface area contributed by atoms with Crippen LogP contribution in [0.5, 0.6) is 0 Å². The second-order valence-electron chi connectivity index (χ2n) is 4.95. The maximum atomic E-state index is 4.40. The molecule has 0 aliphatic carbocycles. The van der Waals surface area contributed by atoms with Crippen LogP contribution in [0.3, 0.4) is 0 Å². The van der Waals surface area contributed by atoms with Crippen molar-refractivity contribution in [3.63, 3.8) is 0 Å². The zero-order valence-corrected chi connectivity index (χ0v) is 10.9. The minimum Gasteiger partial charge on any atom is -0.316 e. The molecule has 0 spiro atoms. The van der Waals surface area contributed by atoms with Crippen LogP contribution in [0.1, 0.15) is 37.7 Å². The average Bonchev–Trinajstić information content (AvgIpc) is 2.91. The molecule has 1 aromatic rings. The molecular formula is C12H21N3S. The van der Waals surface area contributed by atoms with Crippen LogP contribution < -0.4 is 10.6 Å². The second kappa shape index (κ2) is 5.25. The highest BCUT2D eigenvalue weighted by Gasteiger charge is 2.29. The predicted octanol–water partition coefficient (Wildman–Crippen LogP) is 2.18. The van der Waals surface area contributed by atoms with Crippen LogP contribution in [0.25, 0.3) is 0 Å². The van der Waals surface area contributed by atoms with Gasteiger partial charge in [0.25, 0.3) is 0 Å². The summed E-state index contributed by atoms with van der Waals surface area (Å²) in [5.74, 6) is 0. The SMILES string of the molecule is CCC(NCC1(C)CCNC1)c1nccs1. The Labute approximate surface area is 102 Å². The van der Waals surface area contributed by atoms with Gasteiger partial charge in [0.05, 0.1) is 6.04 Å². The van der Waals surface area contributed by atoms with Gasteiger partial charge in [-0.05, 0) is 24.8 Å². The van der Waals surface area contributed by atoms with E-state index in [1.54, 1.807) is 11.3 Å². The quantitative estimate of drug-likeness (QED) is 0.827. The van der Waals surface area contributed by atoms with Crippen LogP contribution in [0.15, 0.2) is 11.6 Å². The summed E-state index contributed by atoms with van der Waals surface area (Å²) in [7, 11) is 0. The van der Waals surface area contributed by atoms with Crippen molar-refractivity contribution in [2.24, 2.45) is 5.41 Å². The van der Waals surface area contributed by atoms with Crippen LogP contribution in [0.2, 0.25) is 0 Å². The summed E-state index contributed by atoms with van der Waals surface area (Å²) in [4.78, 5) is 4.40. The third-order valence-corrected chi connectivity index (χ3v) is 4.28. The summed E-state index contributed by atoms with van der Waals surface area (Å²) in [6, 6.07) is 0.428. The van der Waals surface area contributed by atoms with Gasteiger partial charge in [0, 0.05) is 24.7 Å². The molecule has 90 valence electrons. The van der Waals surface area contributed by atoms with Crippen LogP contribution in [0.4, 0.5) is 0 Å². The molecule has 2 N–H and O–H groups in total. The topological polar surface area (TPSA) is 37.0 Å². The van der Waals surface area contributed by atoms with Crippen molar-refractivity contribution in [3.8, 4) is 0 Å². The summed E-state index contributed by atoms with van der Waals surface area (Å²) < 4.78 is 0. The van der Waals surface area contributed by atoms with E-state index in [0.29, 0.717) is 11.5 Å². The molecule has 0 amide bonds. The first-order valence-electron chi connectivity index (χ1n) is 6.07. The number of hydrogen-bond donors (Lipinski definition) is 2. The first-order chi connectivity index (χ1) is 7.73. The minimum atomic E-state index is 0.421. The molecular weight excluding hydrogens is 218 g/mol. The molecule has 4 heteroatoms. The number of rotatable bonds is 5. The molecule has 0 bridgehead atoms. The lowest BCUT2D eigenvalue weighted by molar-refractivity contribution is 0.316. The number of nitrogens with zero attached hydrogens (tertiary/aromatic N) is 1. The maximum absolute atomic E-state index is 4.40. The smallest absolute Gasteiger partial charge is 0.109 e. The van der Waals surface area contributed by atoms with E-state index in [1.165, 1.54) is 11.4 Å². The largest absolute Gasteiger partial charge is 0.316 e. The minimum absolute atomic E-state index is 0.421. The fourth-order valence-electron chi connectivity index (χ4n) is 2.20. The Hall–Kier alpha value is -0.450. The Balaban J connectivity index is 1.88. The van der Waals surface area contributed by atoms with Gasteiger partial charge in [-0.25, -0.2) is 4.98 Å². The van der Waals surface area contributed by atoms with E-state index < -0.39 is 0 Å². The molecule has 0 saturated carbocycles. The van der Waals surface area contributed by atoms with Crippen molar-refractivity contribution in [2.45, 2.75) is 32.7 Å². The predicted molar refractivity (Wildman–Crippen MR) is 68.7 cm³/mol. The van der Waals surface area contributed by atoms with Gasteiger partial charge in [-0.1, -0.05) is 13.8 Å². The first kappa shape index (κ1) is 12.0. The highest BCUT2D eigenvalue weighted by molar-refractivity contribution is 7.09. The normalized spacial score (nSPS) is 27.1. The average molecular weight is 239 g/mol. The van der Waals surface area contributed by atoms with Crippen molar-refractivity contribution in [1.82, 2.24) is 15.6 Å². The molecule has 2 rings (SSSR count).